The first kappa shape index (κ1) is 13.0. The summed E-state index contributed by atoms with van der Waals surface area (Å²) in [5, 5.41) is 9.23. The van der Waals surface area contributed by atoms with Crippen molar-refractivity contribution in [3.8, 4) is 0 Å². The summed E-state index contributed by atoms with van der Waals surface area (Å²) in [5.41, 5.74) is 9.17. The first-order valence-corrected chi connectivity index (χ1v) is 5.92. The minimum atomic E-state index is -0.964. The molecule has 0 amide bonds. The van der Waals surface area contributed by atoms with Gasteiger partial charge in [-0.15, -0.1) is 0 Å². The van der Waals surface area contributed by atoms with Crippen molar-refractivity contribution in [1.82, 2.24) is 0 Å². The summed E-state index contributed by atoms with van der Waals surface area (Å²) in [4.78, 5) is 13.1. The lowest BCUT2D eigenvalue weighted by molar-refractivity contribution is 0.0697. The Balaban J connectivity index is 2.48. The second-order valence-corrected chi connectivity index (χ2v) is 4.48. The highest BCUT2D eigenvalue weighted by Crippen LogP contribution is 2.29. The van der Waals surface area contributed by atoms with Crippen LogP contribution in [-0.2, 0) is 0 Å². The highest BCUT2D eigenvalue weighted by molar-refractivity contribution is 5.96. The normalized spacial score (nSPS) is 10.2. The number of aromatic carboxylic acids is 1. The van der Waals surface area contributed by atoms with Crippen molar-refractivity contribution in [3.05, 3.63) is 53.6 Å². The molecule has 4 heteroatoms. The van der Waals surface area contributed by atoms with Crippen LogP contribution in [0.3, 0.4) is 0 Å². The van der Waals surface area contributed by atoms with Gasteiger partial charge in [0.1, 0.15) is 0 Å². The second-order valence-electron chi connectivity index (χ2n) is 4.48. The van der Waals surface area contributed by atoms with Gasteiger partial charge in [-0.2, -0.15) is 0 Å². The maximum absolute atomic E-state index is 11.3. The van der Waals surface area contributed by atoms with Gasteiger partial charge in [0.2, 0.25) is 0 Å². The molecule has 98 valence electrons. The maximum Gasteiger partial charge on any atom is 0.337 e. The van der Waals surface area contributed by atoms with Crippen LogP contribution in [0.15, 0.2) is 42.5 Å². The number of benzene rings is 2. The Hall–Kier alpha value is -2.49. The van der Waals surface area contributed by atoms with E-state index in [1.807, 2.05) is 43.1 Å². The van der Waals surface area contributed by atoms with Crippen LogP contribution >= 0.6 is 0 Å². The van der Waals surface area contributed by atoms with Gasteiger partial charge in [0, 0.05) is 18.4 Å². The number of carboxylic acid groups (broad SMARTS) is 1. The van der Waals surface area contributed by atoms with Crippen molar-refractivity contribution >= 4 is 23.0 Å². The quantitative estimate of drug-likeness (QED) is 0.828. The van der Waals surface area contributed by atoms with Crippen LogP contribution < -0.4 is 10.6 Å². The summed E-state index contributed by atoms with van der Waals surface area (Å²) < 4.78 is 0. The van der Waals surface area contributed by atoms with Crippen LogP contribution in [0.4, 0.5) is 17.1 Å². The Morgan fingerprint density at radius 1 is 1.16 bits per heavy atom. The molecule has 2 rings (SSSR count). The summed E-state index contributed by atoms with van der Waals surface area (Å²) in [7, 11) is 1.83. The van der Waals surface area contributed by atoms with Crippen LogP contribution in [0.1, 0.15) is 15.9 Å². The Labute approximate surface area is 112 Å². The number of nitrogen functional groups attached to an aromatic ring is 1. The van der Waals surface area contributed by atoms with E-state index in [0.29, 0.717) is 11.4 Å². The van der Waals surface area contributed by atoms with Crippen molar-refractivity contribution < 1.29 is 9.90 Å². The molecule has 0 heterocycles. The average molecular weight is 256 g/mol. The highest BCUT2D eigenvalue weighted by atomic mass is 16.4. The number of nitrogens with zero attached hydrogens (tertiary/aromatic N) is 1. The van der Waals surface area contributed by atoms with E-state index in [0.717, 1.165) is 11.3 Å². The van der Waals surface area contributed by atoms with Gasteiger partial charge in [0.15, 0.2) is 0 Å². The van der Waals surface area contributed by atoms with Gasteiger partial charge < -0.3 is 15.7 Å². The number of aryl methyl sites for hydroxylation is 1. The third-order valence-electron chi connectivity index (χ3n) is 3.03. The van der Waals surface area contributed by atoms with E-state index >= 15 is 0 Å². The van der Waals surface area contributed by atoms with Gasteiger partial charge in [0.25, 0.3) is 0 Å². The van der Waals surface area contributed by atoms with Gasteiger partial charge in [-0.25, -0.2) is 4.79 Å². The molecular formula is C15H16N2O2. The van der Waals surface area contributed by atoms with Gasteiger partial charge in [-0.3, -0.25) is 0 Å². The minimum absolute atomic E-state index is 0.234. The molecule has 0 aliphatic rings. The van der Waals surface area contributed by atoms with Crippen LogP contribution in [-0.4, -0.2) is 18.1 Å². The molecule has 0 radical (unpaired) electrons. The van der Waals surface area contributed by atoms with Crippen LogP contribution in [0, 0.1) is 6.92 Å². The molecule has 0 spiro atoms. The molecule has 2 aromatic carbocycles. The maximum atomic E-state index is 11.3. The molecule has 19 heavy (non-hydrogen) atoms. The smallest absolute Gasteiger partial charge is 0.337 e. The molecule has 0 atom stereocenters. The van der Waals surface area contributed by atoms with Crippen LogP contribution in [0.25, 0.3) is 0 Å². The number of nitrogens with two attached hydrogens (primary N) is 1. The molecule has 0 aliphatic carbocycles. The summed E-state index contributed by atoms with van der Waals surface area (Å²) in [5.74, 6) is -0.964. The molecule has 0 saturated heterocycles. The van der Waals surface area contributed by atoms with E-state index in [-0.39, 0.29) is 5.56 Å². The Morgan fingerprint density at radius 2 is 1.79 bits per heavy atom. The van der Waals surface area contributed by atoms with E-state index in [2.05, 4.69) is 0 Å². The summed E-state index contributed by atoms with van der Waals surface area (Å²) >= 11 is 0. The molecule has 0 unspecified atom stereocenters. The van der Waals surface area contributed by atoms with E-state index in [1.54, 1.807) is 12.1 Å². The first-order chi connectivity index (χ1) is 8.99. The van der Waals surface area contributed by atoms with E-state index in [1.165, 1.54) is 6.07 Å². The third-order valence-corrected chi connectivity index (χ3v) is 3.03. The fourth-order valence-corrected chi connectivity index (χ4v) is 1.91. The fourth-order valence-electron chi connectivity index (χ4n) is 1.91. The Bertz CT molecular complexity index is 606. The summed E-state index contributed by atoms with van der Waals surface area (Å²) in [6.07, 6.45) is 0. The third kappa shape index (κ3) is 2.68. The fraction of sp³-hybridized carbons (Fsp3) is 0.133. The first-order valence-electron chi connectivity index (χ1n) is 5.92. The monoisotopic (exact) mass is 256 g/mol. The van der Waals surface area contributed by atoms with E-state index in [4.69, 9.17) is 5.73 Å². The minimum Gasteiger partial charge on any atom is -0.478 e. The van der Waals surface area contributed by atoms with Gasteiger partial charge in [0.05, 0.1) is 11.3 Å². The summed E-state index contributed by atoms with van der Waals surface area (Å²) in [6, 6.07) is 12.7. The molecule has 4 nitrogen and oxygen atoms in total. The average Bonchev–Trinajstić information content (AvgIpc) is 2.38. The number of carboxylic acids is 1. The van der Waals surface area contributed by atoms with Gasteiger partial charge >= 0.3 is 5.97 Å². The number of rotatable bonds is 3. The highest BCUT2D eigenvalue weighted by Gasteiger charge is 2.14. The molecule has 3 N–H and O–H groups in total. The zero-order valence-electron chi connectivity index (χ0n) is 10.9. The van der Waals surface area contributed by atoms with E-state index in [9.17, 15) is 9.90 Å². The zero-order chi connectivity index (χ0) is 14.0. The van der Waals surface area contributed by atoms with Crippen molar-refractivity contribution in [2.45, 2.75) is 6.92 Å². The number of hydrogen-bond acceptors (Lipinski definition) is 3. The van der Waals surface area contributed by atoms with Crippen molar-refractivity contribution in [2.24, 2.45) is 0 Å². The number of carbonyl (C=O) groups is 1. The van der Waals surface area contributed by atoms with Crippen molar-refractivity contribution in [2.75, 3.05) is 17.7 Å². The summed E-state index contributed by atoms with van der Waals surface area (Å²) in [6.45, 7) is 2.01. The molecule has 0 aliphatic heterocycles. The number of hydrogen-bond donors (Lipinski definition) is 2. The molecule has 0 fully saturated rings. The largest absolute Gasteiger partial charge is 0.478 e. The predicted molar refractivity (Wildman–Crippen MR) is 77.1 cm³/mol. The van der Waals surface area contributed by atoms with Crippen molar-refractivity contribution in [1.29, 1.82) is 0 Å². The van der Waals surface area contributed by atoms with Gasteiger partial charge in [-0.05, 0) is 37.3 Å². The van der Waals surface area contributed by atoms with Crippen molar-refractivity contribution in [3.63, 3.8) is 0 Å². The number of anilines is 3. The Kier molecular flexibility index (Phi) is 3.42. The molecule has 2 aromatic rings. The zero-order valence-corrected chi connectivity index (χ0v) is 10.9. The van der Waals surface area contributed by atoms with Crippen LogP contribution in [0.5, 0.6) is 0 Å². The molecule has 0 bridgehead atoms. The molecular weight excluding hydrogens is 240 g/mol. The second kappa shape index (κ2) is 5.02. The predicted octanol–water partition coefficient (Wildman–Crippen LogP) is 3.04. The standard InChI is InChI=1S/C15H16N2O2/c1-10-3-6-12(7-4-10)17(2)14-9-11(16)5-8-13(14)15(18)19/h3-9H,16H2,1-2H3,(H,18,19). The SMILES string of the molecule is Cc1ccc(N(C)c2cc(N)ccc2C(=O)O)cc1. The topological polar surface area (TPSA) is 66.6 Å². The van der Waals surface area contributed by atoms with E-state index < -0.39 is 5.97 Å². The lowest BCUT2D eigenvalue weighted by Crippen LogP contribution is -2.14. The molecule has 0 saturated carbocycles. The lowest BCUT2D eigenvalue weighted by Gasteiger charge is -2.22. The lowest BCUT2D eigenvalue weighted by atomic mass is 10.1. The Morgan fingerprint density at radius 3 is 2.37 bits per heavy atom. The van der Waals surface area contributed by atoms with Crippen LogP contribution in [0.2, 0.25) is 0 Å². The van der Waals surface area contributed by atoms with Gasteiger partial charge in [-0.1, -0.05) is 17.7 Å². The molecule has 0 aromatic heterocycles.